The molecule has 0 bridgehead atoms. The van der Waals surface area contributed by atoms with Crippen molar-refractivity contribution in [3.63, 3.8) is 0 Å². The zero-order valence-electron chi connectivity index (χ0n) is 14.3. The van der Waals surface area contributed by atoms with Crippen molar-refractivity contribution in [2.45, 2.75) is 44.2 Å². The SMILES string of the molecule is CC(C)NC(=O)[C@@H](C)OC(=O)CCN=C1NS(=O)(=O)c2ccccc21. The van der Waals surface area contributed by atoms with Gasteiger partial charge in [0, 0.05) is 11.6 Å². The number of amidine groups is 1. The number of fused-ring (bicyclic) bond motifs is 1. The minimum atomic E-state index is -3.60. The molecule has 25 heavy (non-hydrogen) atoms. The maximum absolute atomic E-state index is 11.9. The van der Waals surface area contributed by atoms with Crippen molar-refractivity contribution in [3.8, 4) is 0 Å². The minimum absolute atomic E-state index is 0.0452. The van der Waals surface area contributed by atoms with Gasteiger partial charge in [-0.3, -0.25) is 19.3 Å². The Morgan fingerprint density at radius 3 is 2.60 bits per heavy atom. The van der Waals surface area contributed by atoms with Gasteiger partial charge >= 0.3 is 5.97 Å². The van der Waals surface area contributed by atoms with E-state index in [-0.39, 0.29) is 35.6 Å². The summed E-state index contributed by atoms with van der Waals surface area (Å²) in [6, 6.07) is 6.42. The number of rotatable bonds is 6. The Kier molecular flexibility index (Phi) is 5.78. The van der Waals surface area contributed by atoms with Crippen molar-refractivity contribution in [1.82, 2.24) is 10.0 Å². The molecule has 9 heteroatoms. The molecule has 0 saturated carbocycles. The molecule has 0 aromatic heterocycles. The van der Waals surface area contributed by atoms with Crippen LogP contribution in [0.1, 0.15) is 32.8 Å². The van der Waals surface area contributed by atoms with E-state index in [2.05, 4.69) is 15.0 Å². The third-order valence-corrected chi connectivity index (χ3v) is 4.75. The van der Waals surface area contributed by atoms with E-state index in [1.54, 1.807) is 18.2 Å². The van der Waals surface area contributed by atoms with E-state index in [0.29, 0.717) is 5.56 Å². The topological polar surface area (TPSA) is 114 Å². The largest absolute Gasteiger partial charge is 0.452 e. The number of hydrogen-bond acceptors (Lipinski definition) is 6. The van der Waals surface area contributed by atoms with Gasteiger partial charge in [-0.15, -0.1) is 0 Å². The number of aliphatic imine (C=N–C) groups is 1. The van der Waals surface area contributed by atoms with Gasteiger partial charge in [-0.2, -0.15) is 0 Å². The van der Waals surface area contributed by atoms with E-state index >= 15 is 0 Å². The van der Waals surface area contributed by atoms with Crippen LogP contribution in [0.25, 0.3) is 0 Å². The summed E-state index contributed by atoms with van der Waals surface area (Å²) in [5.74, 6) is -0.744. The Labute approximate surface area is 146 Å². The Balaban J connectivity index is 1.92. The van der Waals surface area contributed by atoms with Gasteiger partial charge in [0.2, 0.25) is 0 Å². The van der Waals surface area contributed by atoms with Crippen LogP contribution in [0.4, 0.5) is 0 Å². The summed E-state index contributed by atoms with van der Waals surface area (Å²) >= 11 is 0. The van der Waals surface area contributed by atoms with Crippen LogP contribution in [-0.2, 0) is 24.3 Å². The number of sulfonamides is 1. The first kappa shape index (κ1) is 18.9. The second-order valence-electron chi connectivity index (χ2n) is 5.88. The fourth-order valence-corrected chi connectivity index (χ4v) is 3.47. The van der Waals surface area contributed by atoms with Crippen LogP contribution in [0.2, 0.25) is 0 Å². The van der Waals surface area contributed by atoms with Gasteiger partial charge in [-0.1, -0.05) is 12.1 Å². The summed E-state index contributed by atoms with van der Waals surface area (Å²) in [6.07, 6.45) is -0.958. The zero-order valence-corrected chi connectivity index (χ0v) is 15.1. The third kappa shape index (κ3) is 4.79. The predicted octanol–water partition coefficient (Wildman–Crippen LogP) is 0.571. The molecule has 0 spiro atoms. The molecule has 2 rings (SSSR count). The molecular formula is C16H21N3O5S. The first-order chi connectivity index (χ1) is 11.7. The number of nitrogens with one attached hydrogen (secondary N) is 2. The second kappa shape index (κ2) is 7.64. The van der Waals surface area contributed by atoms with Crippen LogP contribution < -0.4 is 10.0 Å². The second-order valence-corrected chi connectivity index (χ2v) is 7.53. The minimum Gasteiger partial charge on any atom is -0.452 e. The van der Waals surface area contributed by atoms with E-state index in [1.807, 2.05) is 13.8 Å². The number of esters is 1. The summed E-state index contributed by atoms with van der Waals surface area (Å²) in [5, 5.41) is 2.65. The highest BCUT2D eigenvalue weighted by Crippen LogP contribution is 2.22. The summed E-state index contributed by atoms with van der Waals surface area (Å²) in [7, 11) is -3.60. The average Bonchev–Trinajstić information content (AvgIpc) is 2.78. The standard InChI is InChI=1S/C16H21N3O5S/c1-10(2)18-16(21)11(3)24-14(20)8-9-17-15-12-6-4-5-7-13(12)25(22,23)19-15/h4-7,10-11H,8-9H2,1-3H3,(H,17,19)(H,18,21)/t11-/m1/s1. The summed E-state index contributed by atoms with van der Waals surface area (Å²) in [6.45, 7) is 5.15. The van der Waals surface area contributed by atoms with E-state index in [4.69, 9.17) is 4.74 Å². The fraction of sp³-hybridized carbons (Fsp3) is 0.438. The molecule has 136 valence electrons. The van der Waals surface area contributed by atoms with Crippen LogP contribution >= 0.6 is 0 Å². The number of ether oxygens (including phenoxy) is 1. The Bertz CT molecular complexity index is 802. The molecule has 2 N–H and O–H groups in total. The van der Waals surface area contributed by atoms with Crippen molar-refractivity contribution in [1.29, 1.82) is 0 Å². The van der Waals surface area contributed by atoms with Crippen LogP contribution in [0.5, 0.6) is 0 Å². The van der Waals surface area contributed by atoms with Gasteiger partial charge in [0.15, 0.2) is 6.10 Å². The van der Waals surface area contributed by atoms with Gasteiger partial charge in [0.1, 0.15) is 5.84 Å². The Morgan fingerprint density at radius 2 is 1.92 bits per heavy atom. The van der Waals surface area contributed by atoms with E-state index < -0.39 is 22.1 Å². The maximum atomic E-state index is 11.9. The van der Waals surface area contributed by atoms with Crippen molar-refractivity contribution in [2.75, 3.05) is 6.54 Å². The van der Waals surface area contributed by atoms with Crippen molar-refractivity contribution < 1.29 is 22.7 Å². The van der Waals surface area contributed by atoms with Crippen LogP contribution in [0.15, 0.2) is 34.2 Å². The zero-order chi connectivity index (χ0) is 18.6. The molecule has 1 amide bonds. The van der Waals surface area contributed by atoms with Crippen LogP contribution in [0, 0.1) is 0 Å². The van der Waals surface area contributed by atoms with Gasteiger partial charge < -0.3 is 10.1 Å². The fourth-order valence-electron chi connectivity index (χ4n) is 2.22. The molecule has 8 nitrogen and oxygen atoms in total. The summed E-state index contributed by atoms with van der Waals surface area (Å²) in [4.78, 5) is 27.8. The highest BCUT2D eigenvalue weighted by atomic mass is 32.2. The smallest absolute Gasteiger partial charge is 0.308 e. The first-order valence-corrected chi connectivity index (χ1v) is 9.35. The molecule has 0 fully saturated rings. The Morgan fingerprint density at radius 1 is 1.24 bits per heavy atom. The van der Waals surface area contributed by atoms with Crippen molar-refractivity contribution in [3.05, 3.63) is 29.8 Å². The number of carbonyl (C=O) groups is 2. The van der Waals surface area contributed by atoms with Gasteiger partial charge in [0.25, 0.3) is 15.9 Å². The molecular weight excluding hydrogens is 346 g/mol. The molecule has 0 unspecified atom stereocenters. The first-order valence-electron chi connectivity index (χ1n) is 7.87. The molecule has 0 radical (unpaired) electrons. The van der Waals surface area contributed by atoms with Crippen molar-refractivity contribution in [2.24, 2.45) is 4.99 Å². The average molecular weight is 367 g/mol. The number of amides is 1. The molecule has 1 aromatic rings. The van der Waals surface area contributed by atoms with Gasteiger partial charge in [-0.05, 0) is 32.9 Å². The molecule has 1 aliphatic rings. The lowest BCUT2D eigenvalue weighted by Crippen LogP contribution is -2.39. The van der Waals surface area contributed by atoms with E-state index in [9.17, 15) is 18.0 Å². The maximum Gasteiger partial charge on any atom is 0.308 e. The van der Waals surface area contributed by atoms with Crippen LogP contribution in [-0.4, -0.2) is 44.8 Å². The molecule has 1 atom stereocenters. The summed E-state index contributed by atoms with van der Waals surface area (Å²) < 4.78 is 31.3. The predicted molar refractivity (Wildman–Crippen MR) is 91.6 cm³/mol. The van der Waals surface area contributed by atoms with E-state index in [0.717, 1.165) is 0 Å². The quantitative estimate of drug-likeness (QED) is 0.714. The molecule has 0 aliphatic carbocycles. The molecule has 1 heterocycles. The van der Waals surface area contributed by atoms with Crippen molar-refractivity contribution >= 4 is 27.7 Å². The molecule has 1 aromatic carbocycles. The number of carbonyl (C=O) groups excluding carboxylic acids is 2. The number of hydrogen-bond donors (Lipinski definition) is 2. The van der Waals surface area contributed by atoms with Crippen LogP contribution in [0.3, 0.4) is 0 Å². The molecule has 1 aliphatic heterocycles. The van der Waals surface area contributed by atoms with E-state index in [1.165, 1.54) is 13.0 Å². The summed E-state index contributed by atoms with van der Waals surface area (Å²) in [5.41, 5.74) is 0.473. The normalized spacial score (nSPS) is 17.7. The highest BCUT2D eigenvalue weighted by molar-refractivity contribution is 7.90. The lowest BCUT2D eigenvalue weighted by Gasteiger charge is -2.15. The van der Waals surface area contributed by atoms with Gasteiger partial charge in [0.05, 0.1) is 17.9 Å². The Hall–Kier alpha value is -2.42. The highest BCUT2D eigenvalue weighted by Gasteiger charge is 2.30. The third-order valence-electron chi connectivity index (χ3n) is 3.36. The molecule has 0 saturated heterocycles. The van der Waals surface area contributed by atoms with Gasteiger partial charge in [-0.25, -0.2) is 8.42 Å². The lowest BCUT2D eigenvalue weighted by molar-refractivity contribution is -0.154. The lowest BCUT2D eigenvalue weighted by atomic mass is 10.2. The number of benzene rings is 1. The monoisotopic (exact) mass is 367 g/mol. The number of nitrogens with zero attached hydrogens (tertiary/aromatic N) is 1.